The minimum absolute atomic E-state index is 0.0571. The lowest BCUT2D eigenvalue weighted by Gasteiger charge is -2.50. The van der Waals surface area contributed by atoms with Gasteiger partial charge in [-0.15, -0.1) is 0 Å². The average Bonchev–Trinajstić information content (AvgIpc) is 3.34. The van der Waals surface area contributed by atoms with Crippen molar-refractivity contribution < 1.29 is 139 Å². The Labute approximate surface area is 393 Å². The van der Waals surface area contributed by atoms with E-state index in [1.807, 2.05) is 0 Å². The Hall–Kier alpha value is -1.69. The summed E-state index contributed by atoms with van der Waals surface area (Å²) < 4.78 is 62.2. The molecule has 5 heterocycles. The lowest BCUT2D eigenvalue weighted by atomic mass is 9.95. The second kappa shape index (κ2) is 27.6. The van der Waals surface area contributed by atoms with E-state index in [1.165, 1.54) is 0 Å². The molecule has 5 saturated heterocycles. The number of ether oxygens (including phenoxy) is 11. The van der Waals surface area contributed by atoms with E-state index in [0.29, 0.717) is 13.1 Å². The molecule has 31 heteroatoms. The summed E-state index contributed by atoms with van der Waals surface area (Å²) in [6.07, 6.45) is -47.8. The molecule has 0 aromatic rings. The van der Waals surface area contributed by atoms with Crippen LogP contribution in [0.5, 0.6) is 0 Å². The van der Waals surface area contributed by atoms with Crippen LogP contribution in [-0.2, 0) is 56.9 Å². The molecule has 1 amide bonds. The Morgan fingerprint density at radius 2 is 0.812 bits per heavy atom. The molecule has 25 atom stereocenters. The normalized spacial score (nSPS) is 45.3. The first kappa shape index (κ1) is 58.2. The molecular formula is C38H69N3O28. The fourth-order valence-corrected chi connectivity index (χ4v) is 8.05. The molecule has 69 heavy (non-hydrogen) atoms. The van der Waals surface area contributed by atoms with Crippen LogP contribution in [0.1, 0.15) is 0 Å². The highest BCUT2D eigenvalue weighted by atomic mass is 16.8. The Kier molecular flexibility index (Phi) is 23.2. The summed E-state index contributed by atoms with van der Waals surface area (Å²) in [6, 6.07) is 0. The zero-order valence-corrected chi connectivity index (χ0v) is 37.1. The van der Waals surface area contributed by atoms with Gasteiger partial charge in [-0.1, -0.05) is 0 Å². The topological polar surface area (TPSA) is 492 Å². The molecule has 0 aromatic carbocycles. The van der Waals surface area contributed by atoms with Crippen molar-refractivity contribution in [2.24, 2.45) is 5.73 Å². The van der Waals surface area contributed by atoms with Crippen LogP contribution in [-0.4, -0.2) is 320 Å². The van der Waals surface area contributed by atoms with Gasteiger partial charge in [-0.25, -0.2) is 0 Å². The molecule has 0 saturated carbocycles. The van der Waals surface area contributed by atoms with Gasteiger partial charge in [-0.2, -0.15) is 0 Å². The minimum atomic E-state index is -2.19. The fraction of sp³-hybridized carbons (Fsp3) is 0.974. The van der Waals surface area contributed by atoms with Gasteiger partial charge in [0, 0.05) is 19.6 Å². The van der Waals surface area contributed by atoms with E-state index in [1.54, 1.807) is 0 Å². The van der Waals surface area contributed by atoms with E-state index in [4.69, 9.17) is 57.8 Å². The van der Waals surface area contributed by atoms with Gasteiger partial charge in [0.2, 0.25) is 5.91 Å². The number of hydrogen-bond donors (Lipinski definition) is 19. The van der Waals surface area contributed by atoms with E-state index < -0.39 is 187 Å². The zero-order chi connectivity index (χ0) is 50.7. The van der Waals surface area contributed by atoms with Crippen LogP contribution in [0.3, 0.4) is 0 Å². The molecule has 0 spiro atoms. The van der Waals surface area contributed by atoms with Gasteiger partial charge in [0.1, 0.15) is 122 Å². The standard InChI is InChI=1S/C38H69N3O28/c39-1-2-40-7-18(47)41-3-4-59-5-6-60-34-28(57)30(22(51)16(11-45)61-34)66-36-29(58)31(23(52)17(12-46)63-36)67-37-33(26(55)21(50)14(9-43)64-37)69-38-32(25(54)20(49)15(10-44)65-38)68-35-27(56)24(53)19(48)13(8-42)62-35/h13-17,19-38,40,42-46,48-58H,1-12,39H2,(H,41,47)/t13?,14?,15?,16?,17?,19-,20-,21-,22-,23-,24?,25?,26?,27?,28?,29?,30?,31?,32?,33?,34+,35-,36-,37-,38-/m1/s1. The summed E-state index contributed by atoms with van der Waals surface area (Å²) in [5.41, 5.74) is 5.37. The average molecular weight is 1020 g/mol. The van der Waals surface area contributed by atoms with Crippen molar-refractivity contribution >= 4 is 5.91 Å². The van der Waals surface area contributed by atoms with Crippen molar-refractivity contribution in [2.45, 2.75) is 154 Å². The molecule has 15 unspecified atom stereocenters. The lowest BCUT2D eigenvalue weighted by molar-refractivity contribution is -0.407. The number of amides is 1. The van der Waals surface area contributed by atoms with Crippen molar-refractivity contribution in [1.82, 2.24) is 10.6 Å². The number of rotatable bonds is 24. The maximum absolute atomic E-state index is 11.8. The molecule has 5 aliphatic heterocycles. The first-order valence-corrected chi connectivity index (χ1v) is 22.3. The number of aliphatic hydroxyl groups is 16. The predicted octanol–water partition coefficient (Wildman–Crippen LogP) is -13.2. The van der Waals surface area contributed by atoms with Gasteiger partial charge in [0.25, 0.3) is 0 Å². The second-order valence-electron chi connectivity index (χ2n) is 16.7. The molecular weight excluding hydrogens is 946 g/mol. The van der Waals surface area contributed by atoms with Crippen LogP contribution >= 0.6 is 0 Å². The monoisotopic (exact) mass is 1020 g/mol. The first-order valence-electron chi connectivity index (χ1n) is 22.3. The number of nitrogens with two attached hydrogens (primary N) is 1. The van der Waals surface area contributed by atoms with E-state index in [0.717, 1.165) is 0 Å². The number of aliphatic hydroxyl groups excluding tert-OH is 16. The van der Waals surface area contributed by atoms with Crippen LogP contribution in [0.15, 0.2) is 0 Å². The minimum Gasteiger partial charge on any atom is -0.394 e. The molecule has 5 rings (SSSR count). The van der Waals surface area contributed by atoms with Gasteiger partial charge >= 0.3 is 0 Å². The molecule has 0 aromatic heterocycles. The van der Waals surface area contributed by atoms with Crippen molar-refractivity contribution in [1.29, 1.82) is 0 Å². The Morgan fingerprint density at radius 3 is 1.30 bits per heavy atom. The molecule has 0 bridgehead atoms. The van der Waals surface area contributed by atoms with E-state index in [9.17, 15) is 86.5 Å². The first-order chi connectivity index (χ1) is 33.0. The molecule has 20 N–H and O–H groups in total. The molecule has 0 radical (unpaired) electrons. The fourth-order valence-electron chi connectivity index (χ4n) is 8.05. The van der Waals surface area contributed by atoms with Crippen molar-refractivity contribution in [3.05, 3.63) is 0 Å². The Balaban J connectivity index is 1.31. The highest BCUT2D eigenvalue weighted by Crippen LogP contribution is 2.36. The maximum atomic E-state index is 11.8. The highest BCUT2D eigenvalue weighted by Gasteiger charge is 2.57. The van der Waals surface area contributed by atoms with Gasteiger partial charge in [0.15, 0.2) is 31.5 Å². The second-order valence-corrected chi connectivity index (χ2v) is 16.7. The van der Waals surface area contributed by atoms with Gasteiger partial charge < -0.3 is 150 Å². The third-order valence-corrected chi connectivity index (χ3v) is 12.0. The summed E-state index contributed by atoms with van der Waals surface area (Å²) in [5.74, 6) is -0.286. The van der Waals surface area contributed by atoms with Gasteiger partial charge in [-0.05, 0) is 0 Å². The summed E-state index contributed by atoms with van der Waals surface area (Å²) in [4.78, 5) is 11.8. The lowest BCUT2D eigenvalue weighted by Crippen LogP contribution is -2.68. The summed E-state index contributed by atoms with van der Waals surface area (Å²) in [5, 5.41) is 176. The number of carbonyl (C=O) groups is 1. The van der Waals surface area contributed by atoms with Crippen LogP contribution in [0.2, 0.25) is 0 Å². The van der Waals surface area contributed by atoms with E-state index in [-0.39, 0.29) is 38.8 Å². The maximum Gasteiger partial charge on any atom is 0.234 e. The van der Waals surface area contributed by atoms with E-state index in [2.05, 4.69) is 10.6 Å². The number of nitrogens with one attached hydrogen (secondary N) is 2. The molecule has 404 valence electrons. The largest absolute Gasteiger partial charge is 0.394 e. The SMILES string of the molecule is NCCNCC(=O)NCCOCCO[C@H]1OC(CO)[C@@H](O)C(O[C@H]2OC(CO)[C@@H](O)C(O[C@H]3OC(CO)[C@@H](O)C(O)C3O[C@H]3OC(CO)[C@@H](O)C(O)C3O[C@H]3OC(CO)[C@@H](O)C(O)C3O)C2O)C1O. The molecule has 31 nitrogen and oxygen atoms in total. The smallest absolute Gasteiger partial charge is 0.234 e. The molecule has 5 aliphatic rings. The van der Waals surface area contributed by atoms with Crippen LogP contribution < -0.4 is 16.4 Å². The van der Waals surface area contributed by atoms with E-state index >= 15 is 0 Å². The van der Waals surface area contributed by atoms with Gasteiger partial charge in [0.05, 0.1) is 59.4 Å². The van der Waals surface area contributed by atoms with Crippen molar-refractivity contribution in [3.8, 4) is 0 Å². The third-order valence-electron chi connectivity index (χ3n) is 12.0. The Bertz CT molecular complexity index is 1500. The highest BCUT2D eigenvalue weighted by molar-refractivity contribution is 5.77. The zero-order valence-electron chi connectivity index (χ0n) is 37.1. The van der Waals surface area contributed by atoms with Crippen molar-refractivity contribution in [3.63, 3.8) is 0 Å². The summed E-state index contributed by atoms with van der Waals surface area (Å²) in [7, 11) is 0. The van der Waals surface area contributed by atoms with Crippen LogP contribution in [0.4, 0.5) is 0 Å². The Morgan fingerprint density at radius 1 is 0.420 bits per heavy atom. The summed E-state index contributed by atoms with van der Waals surface area (Å²) >= 11 is 0. The predicted molar refractivity (Wildman–Crippen MR) is 216 cm³/mol. The molecule has 5 fully saturated rings. The third kappa shape index (κ3) is 14.1. The number of hydrogen-bond acceptors (Lipinski definition) is 30. The van der Waals surface area contributed by atoms with Crippen LogP contribution in [0, 0.1) is 0 Å². The quantitative estimate of drug-likeness (QED) is 0.0399. The summed E-state index contributed by atoms with van der Waals surface area (Å²) in [6.45, 7) is -3.87. The van der Waals surface area contributed by atoms with Crippen molar-refractivity contribution in [2.75, 3.05) is 79.0 Å². The molecule has 0 aliphatic carbocycles. The van der Waals surface area contributed by atoms with Gasteiger partial charge in [-0.3, -0.25) is 4.79 Å². The number of carbonyl (C=O) groups excluding carboxylic acids is 1. The van der Waals surface area contributed by atoms with Crippen LogP contribution in [0.25, 0.3) is 0 Å².